The topological polar surface area (TPSA) is 9.23 Å². The number of ether oxygens (including phenoxy) is 1. The Labute approximate surface area is 100 Å². The molecule has 3 heteroatoms. The van der Waals surface area contributed by atoms with E-state index in [1.807, 2.05) is 12.1 Å². The second kappa shape index (κ2) is 5.78. The van der Waals surface area contributed by atoms with Crippen LogP contribution in [0.1, 0.15) is 5.56 Å². The van der Waals surface area contributed by atoms with Gasteiger partial charge >= 0.3 is 0 Å². The molecule has 0 fully saturated rings. The molecule has 1 aromatic rings. The lowest BCUT2D eigenvalue weighted by molar-refractivity contribution is 0.147. The third kappa shape index (κ3) is 4.24. The van der Waals surface area contributed by atoms with Crippen LogP contribution in [0.3, 0.4) is 0 Å². The summed E-state index contributed by atoms with van der Waals surface area (Å²) in [4.78, 5) is 0. The van der Waals surface area contributed by atoms with E-state index in [2.05, 4.69) is 57.2 Å². The Morgan fingerprint density at radius 2 is 2.15 bits per heavy atom. The van der Waals surface area contributed by atoms with Gasteiger partial charge in [0, 0.05) is 8.05 Å². The Bertz CT molecular complexity index is 299. The monoisotopic (exact) mass is 352 g/mol. The summed E-state index contributed by atoms with van der Waals surface area (Å²) >= 11 is 5.55. The first-order chi connectivity index (χ1) is 6.20. The maximum atomic E-state index is 5.41. The molecule has 0 aliphatic carbocycles. The molecule has 0 unspecified atom stereocenters. The average Bonchev–Trinajstić information content (AvgIpc) is 2.08. The number of hydrogen-bond acceptors (Lipinski definition) is 1. The third-order valence-corrected chi connectivity index (χ3v) is 2.76. The molecule has 0 aliphatic heterocycles. The van der Waals surface area contributed by atoms with Crippen molar-refractivity contribution in [2.75, 3.05) is 6.61 Å². The summed E-state index contributed by atoms with van der Waals surface area (Å²) in [5.74, 6) is 0. The molecule has 0 heterocycles. The predicted octanol–water partition coefficient (Wildman–Crippen LogP) is 3.72. The Kier molecular flexibility index (Phi) is 4.98. The molecule has 0 N–H and O–H groups in total. The van der Waals surface area contributed by atoms with Gasteiger partial charge in [-0.15, -0.1) is 0 Å². The summed E-state index contributed by atoms with van der Waals surface area (Å²) in [5, 5.41) is 0. The number of hydrogen-bond donors (Lipinski definition) is 0. The van der Waals surface area contributed by atoms with Gasteiger partial charge in [0.05, 0.1) is 13.2 Å². The average molecular weight is 353 g/mol. The summed E-state index contributed by atoms with van der Waals surface area (Å²) < 4.78 is 7.52. The van der Waals surface area contributed by atoms with Crippen molar-refractivity contribution < 1.29 is 4.74 Å². The molecule has 13 heavy (non-hydrogen) atoms. The van der Waals surface area contributed by atoms with Gasteiger partial charge in [-0.25, -0.2) is 0 Å². The van der Waals surface area contributed by atoms with Gasteiger partial charge in [0.15, 0.2) is 0 Å². The van der Waals surface area contributed by atoms with Crippen LogP contribution in [0, 0.1) is 3.57 Å². The molecule has 0 aliphatic rings. The van der Waals surface area contributed by atoms with Crippen LogP contribution in [-0.4, -0.2) is 6.61 Å². The van der Waals surface area contributed by atoms with Gasteiger partial charge in [0.1, 0.15) is 0 Å². The van der Waals surface area contributed by atoms with E-state index < -0.39 is 0 Å². The molecule has 1 aromatic carbocycles. The summed E-state index contributed by atoms with van der Waals surface area (Å²) in [5.41, 5.74) is 1.22. The summed E-state index contributed by atoms with van der Waals surface area (Å²) in [6, 6.07) is 8.18. The van der Waals surface area contributed by atoms with E-state index in [1.54, 1.807) is 0 Å². The van der Waals surface area contributed by atoms with Crippen LogP contribution in [0.15, 0.2) is 35.3 Å². The molecule has 1 rings (SSSR count). The molecule has 0 saturated carbocycles. The van der Waals surface area contributed by atoms with Crippen LogP contribution in [0.5, 0.6) is 0 Å². The van der Waals surface area contributed by atoms with Crippen molar-refractivity contribution in [1.82, 2.24) is 0 Å². The maximum absolute atomic E-state index is 5.41. The first kappa shape index (κ1) is 11.2. The van der Waals surface area contributed by atoms with Crippen LogP contribution < -0.4 is 0 Å². The minimum absolute atomic E-state index is 0.560. The second-order valence-electron chi connectivity index (χ2n) is 2.60. The minimum atomic E-state index is 0.560. The molecular weight excluding hydrogens is 343 g/mol. The summed E-state index contributed by atoms with van der Waals surface area (Å²) in [7, 11) is 0. The van der Waals surface area contributed by atoms with Crippen molar-refractivity contribution >= 4 is 38.5 Å². The van der Waals surface area contributed by atoms with Gasteiger partial charge in [-0.3, -0.25) is 0 Å². The van der Waals surface area contributed by atoms with Crippen LogP contribution >= 0.6 is 38.5 Å². The van der Waals surface area contributed by atoms with E-state index in [-0.39, 0.29) is 0 Å². The molecule has 0 aromatic heterocycles. The largest absolute Gasteiger partial charge is 0.372 e. The first-order valence-corrected chi connectivity index (χ1v) is 5.72. The third-order valence-electron chi connectivity index (χ3n) is 1.47. The van der Waals surface area contributed by atoms with Gasteiger partial charge in [-0.1, -0.05) is 40.7 Å². The van der Waals surface area contributed by atoms with Crippen LogP contribution in [0.25, 0.3) is 0 Å². The van der Waals surface area contributed by atoms with E-state index >= 15 is 0 Å². The molecular formula is C10H10BrIO. The smallest absolute Gasteiger partial charge is 0.0780 e. The molecule has 0 spiro atoms. The van der Waals surface area contributed by atoms with Crippen LogP contribution in [0.2, 0.25) is 0 Å². The number of benzene rings is 1. The van der Waals surface area contributed by atoms with Crippen LogP contribution in [0.4, 0.5) is 0 Å². The molecule has 70 valence electrons. The Morgan fingerprint density at radius 1 is 1.46 bits per heavy atom. The van der Waals surface area contributed by atoms with Crippen molar-refractivity contribution in [1.29, 1.82) is 0 Å². The van der Waals surface area contributed by atoms with E-state index in [0.717, 1.165) is 4.48 Å². The Morgan fingerprint density at radius 3 is 2.77 bits per heavy atom. The van der Waals surface area contributed by atoms with Crippen molar-refractivity contribution in [3.8, 4) is 0 Å². The highest BCUT2D eigenvalue weighted by atomic mass is 127. The van der Waals surface area contributed by atoms with Gasteiger partial charge in [0.25, 0.3) is 0 Å². The Balaban J connectivity index is 2.45. The zero-order valence-corrected chi connectivity index (χ0v) is 10.8. The van der Waals surface area contributed by atoms with Crippen molar-refractivity contribution in [3.05, 3.63) is 44.5 Å². The highest BCUT2D eigenvalue weighted by molar-refractivity contribution is 14.1. The molecule has 0 atom stereocenters. The quantitative estimate of drug-likeness (QED) is 0.750. The standard InChI is InChI=1S/C10H10BrIO/c1-8(11)6-13-7-9-4-2-3-5-10(9)12/h2-5H,1,6-7H2. The molecule has 1 nitrogen and oxygen atoms in total. The minimum Gasteiger partial charge on any atom is -0.372 e. The molecule has 0 saturated heterocycles. The van der Waals surface area contributed by atoms with Crippen molar-refractivity contribution in [2.45, 2.75) is 6.61 Å². The Hall–Kier alpha value is 0.130. The first-order valence-electron chi connectivity index (χ1n) is 3.84. The summed E-state index contributed by atoms with van der Waals surface area (Å²) in [6.07, 6.45) is 0. The van der Waals surface area contributed by atoms with Gasteiger partial charge in [0.2, 0.25) is 0 Å². The highest BCUT2D eigenvalue weighted by Gasteiger charge is 1.97. The lowest BCUT2D eigenvalue weighted by Gasteiger charge is -2.04. The van der Waals surface area contributed by atoms with Gasteiger partial charge < -0.3 is 4.74 Å². The van der Waals surface area contributed by atoms with Gasteiger partial charge in [-0.05, 0) is 34.2 Å². The van der Waals surface area contributed by atoms with Gasteiger partial charge in [-0.2, -0.15) is 0 Å². The van der Waals surface area contributed by atoms with Crippen molar-refractivity contribution in [2.24, 2.45) is 0 Å². The SMILES string of the molecule is C=C(Br)COCc1ccccc1I. The lowest BCUT2D eigenvalue weighted by Crippen LogP contribution is -1.96. The normalized spacial score (nSPS) is 10.0. The fraction of sp³-hybridized carbons (Fsp3) is 0.200. The predicted molar refractivity (Wildman–Crippen MR) is 66.9 cm³/mol. The molecule has 0 radical (unpaired) electrons. The van der Waals surface area contributed by atoms with Crippen molar-refractivity contribution in [3.63, 3.8) is 0 Å². The number of halogens is 2. The maximum Gasteiger partial charge on any atom is 0.0780 e. The van der Waals surface area contributed by atoms with E-state index in [4.69, 9.17) is 4.74 Å². The zero-order chi connectivity index (χ0) is 9.68. The number of rotatable bonds is 4. The molecule has 0 bridgehead atoms. The van der Waals surface area contributed by atoms with Crippen LogP contribution in [-0.2, 0) is 11.3 Å². The highest BCUT2D eigenvalue weighted by Crippen LogP contribution is 2.13. The second-order valence-corrected chi connectivity index (χ2v) is 4.89. The van der Waals surface area contributed by atoms with E-state index in [1.165, 1.54) is 9.13 Å². The van der Waals surface area contributed by atoms with E-state index in [9.17, 15) is 0 Å². The van der Waals surface area contributed by atoms with E-state index in [0.29, 0.717) is 13.2 Å². The lowest BCUT2D eigenvalue weighted by atomic mass is 10.2. The fourth-order valence-electron chi connectivity index (χ4n) is 0.887. The summed E-state index contributed by atoms with van der Waals surface area (Å²) in [6.45, 7) is 4.90. The zero-order valence-electron chi connectivity index (χ0n) is 7.09. The molecule has 0 amide bonds. The fourth-order valence-corrected chi connectivity index (χ4v) is 1.59.